The largest absolute Gasteiger partial charge is 0.352 e. The molecule has 1 aromatic rings. The summed E-state index contributed by atoms with van der Waals surface area (Å²) in [5.41, 5.74) is 10.5. The van der Waals surface area contributed by atoms with Crippen LogP contribution in [0.15, 0.2) is 12.1 Å². The Bertz CT molecular complexity index is 665. The molecular weight excluding hydrogens is 328 g/mol. The molecule has 2 saturated heterocycles. The van der Waals surface area contributed by atoms with Crippen LogP contribution in [0.5, 0.6) is 0 Å². The molecule has 2 fully saturated rings. The smallest absolute Gasteiger partial charge is 0.235 e. The van der Waals surface area contributed by atoms with Crippen molar-refractivity contribution in [2.24, 2.45) is 5.92 Å². The van der Waals surface area contributed by atoms with Crippen molar-refractivity contribution in [3.8, 4) is 0 Å². The van der Waals surface area contributed by atoms with Gasteiger partial charge in [0.25, 0.3) is 0 Å². The molecule has 0 saturated carbocycles. The molecule has 3 N–H and O–H groups in total. The van der Waals surface area contributed by atoms with Crippen LogP contribution >= 0.6 is 0 Å². The first-order chi connectivity index (χ1) is 12.4. The summed E-state index contributed by atoms with van der Waals surface area (Å²) in [5, 5.41) is 3.14. The van der Waals surface area contributed by atoms with Gasteiger partial charge in [-0.15, -0.1) is 0 Å². The maximum Gasteiger partial charge on any atom is 0.235 e. The van der Waals surface area contributed by atoms with E-state index in [1.807, 2.05) is 0 Å². The second-order valence-corrected chi connectivity index (χ2v) is 7.72. The number of nitrogens with one attached hydrogen (secondary N) is 3. The highest BCUT2D eigenvalue weighted by Gasteiger charge is 2.32. The Kier molecular flexibility index (Phi) is 5.94. The van der Waals surface area contributed by atoms with Gasteiger partial charge in [-0.25, -0.2) is 5.43 Å². The third-order valence-corrected chi connectivity index (χ3v) is 5.61. The molecule has 2 aliphatic heterocycles. The molecule has 26 heavy (non-hydrogen) atoms. The predicted octanol–water partition coefficient (Wildman–Crippen LogP) is 1.33. The van der Waals surface area contributed by atoms with Crippen LogP contribution in [0.3, 0.4) is 0 Å². The Morgan fingerprint density at radius 3 is 2.69 bits per heavy atom. The van der Waals surface area contributed by atoms with Crippen molar-refractivity contribution in [1.29, 1.82) is 0 Å². The number of hydrogen-bond donors (Lipinski definition) is 3. The van der Waals surface area contributed by atoms with Gasteiger partial charge >= 0.3 is 0 Å². The van der Waals surface area contributed by atoms with Crippen molar-refractivity contribution in [1.82, 2.24) is 21.1 Å². The average molecular weight is 358 g/mol. The number of likely N-dealkylation sites (tertiary alicyclic amines) is 1. The lowest BCUT2D eigenvalue weighted by atomic mass is 9.94. The molecule has 0 spiro atoms. The van der Waals surface area contributed by atoms with E-state index in [-0.39, 0.29) is 23.8 Å². The van der Waals surface area contributed by atoms with Gasteiger partial charge in [-0.05, 0) is 56.8 Å². The lowest BCUT2D eigenvalue weighted by molar-refractivity contribution is -0.128. The Morgan fingerprint density at radius 1 is 1.27 bits per heavy atom. The van der Waals surface area contributed by atoms with E-state index in [2.05, 4.69) is 54.0 Å². The Morgan fingerprint density at radius 2 is 2.00 bits per heavy atom. The standard InChI is InChI=1S/C20H30N4O2/c1-13-7-14(2)18(15(3)8-13)11-21-20(26)16-5-4-6-24(12-16)17-9-19(25)23-22-10-17/h7-8,16-17,22H,4-6,9-12H2,1-3H3,(H,21,26)(H,23,25). The number of carbonyl (C=O) groups is 2. The summed E-state index contributed by atoms with van der Waals surface area (Å²) >= 11 is 0. The molecule has 2 aliphatic rings. The fourth-order valence-corrected chi connectivity index (χ4v) is 4.22. The number of rotatable bonds is 4. The maximum atomic E-state index is 12.7. The molecule has 2 unspecified atom stereocenters. The number of benzene rings is 1. The van der Waals surface area contributed by atoms with Gasteiger partial charge in [0.15, 0.2) is 0 Å². The monoisotopic (exact) mass is 358 g/mol. The molecule has 0 aromatic heterocycles. The van der Waals surface area contributed by atoms with Crippen molar-refractivity contribution < 1.29 is 9.59 Å². The SMILES string of the molecule is Cc1cc(C)c(CNC(=O)C2CCCN(C3CNNC(=O)C3)C2)c(C)c1. The quantitative estimate of drug-likeness (QED) is 0.759. The van der Waals surface area contributed by atoms with Crippen LogP contribution < -0.4 is 16.2 Å². The Balaban J connectivity index is 1.57. The van der Waals surface area contributed by atoms with Gasteiger partial charge in [-0.3, -0.25) is 19.9 Å². The van der Waals surface area contributed by atoms with Gasteiger partial charge in [0.2, 0.25) is 11.8 Å². The van der Waals surface area contributed by atoms with Crippen LogP contribution in [-0.4, -0.2) is 42.4 Å². The summed E-state index contributed by atoms with van der Waals surface area (Å²) in [7, 11) is 0. The number of piperidine rings is 1. The first-order valence-corrected chi connectivity index (χ1v) is 9.54. The van der Waals surface area contributed by atoms with Crippen LogP contribution in [0.4, 0.5) is 0 Å². The van der Waals surface area contributed by atoms with Gasteiger partial charge in [0, 0.05) is 32.1 Å². The van der Waals surface area contributed by atoms with Gasteiger partial charge in [0.1, 0.15) is 0 Å². The molecule has 1 aromatic carbocycles. The van der Waals surface area contributed by atoms with E-state index in [0.29, 0.717) is 13.0 Å². The summed E-state index contributed by atoms with van der Waals surface area (Å²) in [4.78, 5) is 26.6. The molecule has 0 radical (unpaired) electrons. The van der Waals surface area contributed by atoms with Crippen molar-refractivity contribution in [3.05, 3.63) is 34.4 Å². The Labute approximate surface area is 155 Å². The summed E-state index contributed by atoms with van der Waals surface area (Å²) in [6.07, 6.45) is 2.42. The van der Waals surface area contributed by atoms with E-state index in [1.165, 1.54) is 22.3 Å². The fourth-order valence-electron chi connectivity index (χ4n) is 4.22. The van der Waals surface area contributed by atoms with Gasteiger partial charge in [-0.1, -0.05) is 17.7 Å². The number of hydrogen-bond acceptors (Lipinski definition) is 4. The van der Waals surface area contributed by atoms with Crippen LogP contribution in [0.1, 0.15) is 41.5 Å². The zero-order valence-corrected chi connectivity index (χ0v) is 16.0. The molecule has 2 atom stereocenters. The zero-order chi connectivity index (χ0) is 18.7. The Hall–Kier alpha value is -1.92. The van der Waals surface area contributed by atoms with E-state index >= 15 is 0 Å². The minimum Gasteiger partial charge on any atom is -0.352 e. The van der Waals surface area contributed by atoms with Gasteiger partial charge in [0.05, 0.1) is 5.92 Å². The highest BCUT2D eigenvalue weighted by atomic mass is 16.2. The number of hydrazine groups is 1. The fraction of sp³-hybridized carbons (Fsp3) is 0.600. The zero-order valence-electron chi connectivity index (χ0n) is 16.0. The third kappa shape index (κ3) is 4.43. The van der Waals surface area contributed by atoms with E-state index in [1.54, 1.807) is 0 Å². The average Bonchev–Trinajstić information content (AvgIpc) is 2.60. The lowest BCUT2D eigenvalue weighted by Gasteiger charge is -2.39. The van der Waals surface area contributed by atoms with Crippen molar-refractivity contribution in [2.75, 3.05) is 19.6 Å². The normalized spacial score (nSPS) is 24.2. The summed E-state index contributed by atoms with van der Waals surface area (Å²) in [6, 6.07) is 4.51. The topological polar surface area (TPSA) is 73.5 Å². The molecular formula is C20H30N4O2. The molecule has 2 heterocycles. The second kappa shape index (κ2) is 8.18. The van der Waals surface area contributed by atoms with E-state index in [4.69, 9.17) is 0 Å². The molecule has 2 amide bonds. The second-order valence-electron chi connectivity index (χ2n) is 7.72. The molecule has 6 heteroatoms. The van der Waals surface area contributed by atoms with Crippen LogP contribution in [0.25, 0.3) is 0 Å². The molecule has 6 nitrogen and oxygen atoms in total. The van der Waals surface area contributed by atoms with E-state index in [9.17, 15) is 9.59 Å². The molecule has 3 rings (SSSR count). The van der Waals surface area contributed by atoms with Crippen molar-refractivity contribution >= 4 is 11.8 Å². The molecule has 0 bridgehead atoms. The third-order valence-electron chi connectivity index (χ3n) is 5.61. The van der Waals surface area contributed by atoms with E-state index < -0.39 is 0 Å². The first kappa shape index (κ1) is 18.9. The maximum absolute atomic E-state index is 12.7. The molecule has 142 valence electrons. The van der Waals surface area contributed by atoms with Crippen LogP contribution in [0, 0.1) is 26.7 Å². The number of carbonyl (C=O) groups excluding carboxylic acids is 2. The van der Waals surface area contributed by atoms with Crippen LogP contribution in [-0.2, 0) is 16.1 Å². The number of amides is 2. The minimum absolute atomic E-state index is 0.000187. The lowest BCUT2D eigenvalue weighted by Crippen LogP contribution is -2.57. The van der Waals surface area contributed by atoms with E-state index in [0.717, 1.165) is 32.5 Å². The summed E-state index contributed by atoms with van der Waals surface area (Å²) in [6.45, 7) is 9.31. The van der Waals surface area contributed by atoms with Crippen LogP contribution in [0.2, 0.25) is 0 Å². The van der Waals surface area contributed by atoms with Gasteiger partial charge < -0.3 is 5.32 Å². The highest BCUT2D eigenvalue weighted by Crippen LogP contribution is 2.21. The van der Waals surface area contributed by atoms with Gasteiger partial charge in [-0.2, -0.15) is 0 Å². The minimum atomic E-state index is -0.000187. The highest BCUT2D eigenvalue weighted by molar-refractivity contribution is 5.79. The summed E-state index contributed by atoms with van der Waals surface area (Å²) in [5.74, 6) is 0.153. The summed E-state index contributed by atoms with van der Waals surface area (Å²) < 4.78 is 0. The predicted molar refractivity (Wildman–Crippen MR) is 101 cm³/mol. The molecule has 0 aliphatic carbocycles. The van der Waals surface area contributed by atoms with Crippen molar-refractivity contribution in [2.45, 2.75) is 52.6 Å². The van der Waals surface area contributed by atoms with Crippen molar-refractivity contribution in [3.63, 3.8) is 0 Å². The number of nitrogens with zero attached hydrogens (tertiary/aromatic N) is 1. The first-order valence-electron chi connectivity index (χ1n) is 9.54. The number of aryl methyl sites for hydroxylation is 3.